The quantitative estimate of drug-likeness (QED) is 0.366. The minimum Gasteiger partial charge on any atom is -0.744 e. The molecule has 0 spiro atoms. The fourth-order valence-electron chi connectivity index (χ4n) is 5.52. The summed E-state index contributed by atoms with van der Waals surface area (Å²) in [7, 11) is -1.90. The molecule has 0 amide bonds. The van der Waals surface area contributed by atoms with E-state index in [2.05, 4.69) is 20.9 Å². The number of ether oxygens (including phenoxy) is 1. The predicted octanol–water partition coefficient (Wildman–Crippen LogP) is 3.75. The maximum atomic E-state index is 12.6. The lowest BCUT2D eigenvalue weighted by Crippen LogP contribution is -2.62. The third kappa shape index (κ3) is 6.30. The van der Waals surface area contributed by atoms with E-state index in [1.54, 1.807) is 12.1 Å². The smallest absolute Gasteiger partial charge is 0.316 e. The Bertz CT molecular complexity index is 1070. The Hall–Kier alpha value is -2.26. The van der Waals surface area contributed by atoms with Gasteiger partial charge in [0.05, 0.1) is 36.7 Å². The number of carbonyl (C=O) groups is 1. The van der Waals surface area contributed by atoms with Gasteiger partial charge in [0, 0.05) is 25.7 Å². The van der Waals surface area contributed by atoms with E-state index in [9.17, 15) is 22.9 Å². The van der Waals surface area contributed by atoms with Crippen LogP contribution in [-0.4, -0.2) is 66.4 Å². The van der Waals surface area contributed by atoms with E-state index in [1.807, 2.05) is 37.3 Å². The van der Waals surface area contributed by atoms with Gasteiger partial charge in [0.15, 0.2) is 0 Å². The van der Waals surface area contributed by atoms with E-state index in [0.29, 0.717) is 18.1 Å². The SMILES string of the molecule is CC(C)[N+]1(C)[C@@H]2CC[C@H]1CC(OC(=O)C(CO)c1ccccc1)C2.Cc1ccc(S(=O)(=O)[O-])cc1. The second-order valence-electron chi connectivity index (χ2n) is 10.1. The Morgan fingerprint density at radius 2 is 1.60 bits per heavy atom. The Morgan fingerprint density at radius 1 is 1.06 bits per heavy atom. The minimum absolute atomic E-state index is 0.00212. The molecule has 2 aromatic rings. The highest BCUT2D eigenvalue weighted by Crippen LogP contribution is 2.44. The molecular weight excluding hydrogens is 466 g/mol. The van der Waals surface area contributed by atoms with E-state index in [0.717, 1.165) is 28.5 Å². The van der Waals surface area contributed by atoms with Crippen LogP contribution in [0.2, 0.25) is 0 Å². The molecule has 7 nitrogen and oxygen atoms in total. The van der Waals surface area contributed by atoms with Crippen molar-refractivity contribution in [2.75, 3.05) is 13.7 Å². The van der Waals surface area contributed by atoms with Gasteiger partial charge >= 0.3 is 5.97 Å². The van der Waals surface area contributed by atoms with Crippen molar-refractivity contribution >= 4 is 16.1 Å². The second kappa shape index (κ2) is 11.2. The average Bonchev–Trinajstić information content (AvgIpc) is 2.97. The van der Waals surface area contributed by atoms with Crippen LogP contribution in [0, 0.1) is 6.92 Å². The number of esters is 1. The lowest BCUT2D eigenvalue weighted by atomic mass is 9.94. The molecule has 1 N–H and O–H groups in total. The zero-order valence-corrected chi connectivity index (χ0v) is 21.8. The number of nitrogens with zero attached hydrogens (tertiary/aromatic N) is 1. The van der Waals surface area contributed by atoms with E-state index in [-0.39, 0.29) is 23.6 Å². The van der Waals surface area contributed by atoms with Gasteiger partial charge in [-0.15, -0.1) is 0 Å². The number of aryl methyl sites for hydroxylation is 1. The molecule has 8 heteroatoms. The largest absolute Gasteiger partial charge is 0.744 e. The summed E-state index contributed by atoms with van der Waals surface area (Å²) in [5, 5.41) is 9.65. The van der Waals surface area contributed by atoms with Gasteiger partial charge < -0.3 is 18.9 Å². The molecule has 0 radical (unpaired) electrons. The Labute approximate surface area is 209 Å². The molecule has 0 aliphatic carbocycles. The minimum atomic E-state index is -4.27. The number of hydrogen-bond donors (Lipinski definition) is 1. The summed E-state index contributed by atoms with van der Waals surface area (Å²) in [5.74, 6) is -0.856. The number of benzene rings is 2. The molecule has 3 unspecified atom stereocenters. The van der Waals surface area contributed by atoms with Crippen LogP contribution in [0.1, 0.15) is 56.6 Å². The molecule has 0 saturated carbocycles. The first-order valence-electron chi connectivity index (χ1n) is 12.2. The summed E-state index contributed by atoms with van der Waals surface area (Å²) in [6.07, 6.45) is 4.36. The zero-order valence-electron chi connectivity index (χ0n) is 21.0. The highest BCUT2D eigenvalue weighted by molar-refractivity contribution is 7.85. The molecule has 2 aliphatic rings. The van der Waals surface area contributed by atoms with Gasteiger partial charge in [-0.2, -0.15) is 0 Å². The summed E-state index contributed by atoms with van der Waals surface area (Å²) < 4.78 is 38.1. The van der Waals surface area contributed by atoms with Crippen LogP contribution in [0.4, 0.5) is 0 Å². The first kappa shape index (κ1) is 27.3. The van der Waals surface area contributed by atoms with Crippen LogP contribution in [0.15, 0.2) is 59.5 Å². The lowest BCUT2D eigenvalue weighted by molar-refractivity contribution is -0.968. The summed E-state index contributed by atoms with van der Waals surface area (Å²) in [4.78, 5) is 12.4. The van der Waals surface area contributed by atoms with Crippen LogP contribution >= 0.6 is 0 Å². The van der Waals surface area contributed by atoms with Crippen molar-refractivity contribution < 1.29 is 32.1 Å². The Balaban J connectivity index is 0.000000261. The summed E-state index contributed by atoms with van der Waals surface area (Å²) in [6, 6.07) is 17.0. The molecule has 2 fully saturated rings. The highest BCUT2D eigenvalue weighted by atomic mass is 32.2. The molecule has 4 rings (SSSR count). The third-order valence-electron chi connectivity index (χ3n) is 7.85. The van der Waals surface area contributed by atoms with E-state index in [4.69, 9.17) is 4.74 Å². The number of rotatable bonds is 6. The summed E-state index contributed by atoms with van der Waals surface area (Å²) in [5.41, 5.74) is 1.75. The molecule has 2 bridgehead atoms. The van der Waals surface area contributed by atoms with Crippen molar-refractivity contribution in [2.24, 2.45) is 0 Å². The van der Waals surface area contributed by atoms with E-state index < -0.39 is 16.0 Å². The number of aliphatic hydroxyl groups excluding tert-OH is 1. The van der Waals surface area contributed by atoms with Gasteiger partial charge in [-0.3, -0.25) is 4.79 Å². The summed E-state index contributed by atoms with van der Waals surface area (Å²) >= 11 is 0. The highest BCUT2D eigenvalue weighted by Gasteiger charge is 2.53. The zero-order chi connectivity index (χ0) is 25.8. The second-order valence-corrected chi connectivity index (χ2v) is 11.5. The Morgan fingerprint density at radius 3 is 2.06 bits per heavy atom. The maximum Gasteiger partial charge on any atom is 0.316 e. The normalized spacial score (nSPS) is 26.5. The molecule has 2 aromatic carbocycles. The number of carbonyl (C=O) groups excluding carboxylic acids is 1. The summed E-state index contributed by atoms with van der Waals surface area (Å²) in [6.45, 7) is 6.22. The van der Waals surface area contributed by atoms with Gasteiger partial charge in [0.1, 0.15) is 22.1 Å². The van der Waals surface area contributed by atoms with E-state index in [1.165, 1.54) is 25.0 Å². The molecule has 2 saturated heterocycles. The molecule has 0 aromatic heterocycles. The number of fused-ring (bicyclic) bond motifs is 2. The van der Waals surface area contributed by atoms with Gasteiger partial charge in [-0.1, -0.05) is 48.0 Å². The van der Waals surface area contributed by atoms with Gasteiger partial charge in [-0.25, -0.2) is 8.42 Å². The van der Waals surface area contributed by atoms with Crippen LogP contribution in [0.5, 0.6) is 0 Å². The molecule has 5 atom stereocenters. The first-order chi connectivity index (χ1) is 16.5. The number of aliphatic hydroxyl groups is 1. The molecule has 2 heterocycles. The fraction of sp³-hybridized carbons (Fsp3) is 0.519. The monoisotopic (exact) mass is 503 g/mol. The number of hydrogen-bond acceptors (Lipinski definition) is 6. The van der Waals surface area contributed by atoms with Gasteiger partial charge in [0.25, 0.3) is 0 Å². The Kier molecular flexibility index (Phi) is 8.75. The average molecular weight is 504 g/mol. The van der Waals surface area contributed by atoms with Crippen molar-refractivity contribution in [2.45, 2.75) is 81.5 Å². The lowest BCUT2D eigenvalue weighted by Gasteiger charge is -2.49. The van der Waals surface area contributed by atoms with Crippen LogP contribution in [0.3, 0.4) is 0 Å². The standard InChI is InChI=1S/C20H30NO3.C7H8O3S/c1-14(2)21(3)16-9-10-17(21)12-18(11-16)24-20(23)19(13-22)15-7-5-4-6-8-15;1-6-2-4-7(5-3-6)11(8,9)10/h4-8,14,16-19,22H,9-13H2,1-3H3;2-5H,1H3,(H,8,9,10)/q+1;/p-1/t16-,17+,18?,19?,21?;. The van der Waals surface area contributed by atoms with Gasteiger partial charge in [-0.05, 0) is 38.5 Å². The van der Waals surface area contributed by atoms with Crippen molar-refractivity contribution in [1.82, 2.24) is 0 Å². The van der Waals surface area contributed by atoms with Crippen LogP contribution in [0.25, 0.3) is 0 Å². The molecule has 35 heavy (non-hydrogen) atoms. The number of quaternary nitrogens is 1. The predicted molar refractivity (Wildman–Crippen MR) is 133 cm³/mol. The van der Waals surface area contributed by atoms with Crippen molar-refractivity contribution in [3.05, 3.63) is 65.7 Å². The third-order valence-corrected chi connectivity index (χ3v) is 8.70. The molecule has 192 valence electrons. The van der Waals surface area contributed by atoms with Crippen molar-refractivity contribution in [1.29, 1.82) is 0 Å². The van der Waals surface area contributed by atoms with Crippen LogP contribution < -0.4 is 0 Å². The molecule has 2 aliphatic heterocycles. The van der Waals surface area contributed by atoms with Crippen molar-refractivity contribution in [3.8, 4) is 0 Å². The number of piperidine rings is 1. The fourth-order valence-corrected chi connectivity index (χ4v) is 5.99. The maximum absolute atomic E-state index is 12.6. The molecular formula is C27H37NO6S. The van der Waals surface area contributed by atoms with Crippen molar-refractivity contribution in [3.63, 3.8) is 0 Å². The van der Waals surface area contributed by atoms with Gasteiger partial charge in [0.2, 0.25) is 0 Å². The van der Waals surface area contributed by atoms with E-state index >= 15 is 0 Å². The van der Waals surface area contributed by atoms with Crippen LogP contribution in [-0.2, 0) is 19.6 Å². The topological polar surface area (TPSA) is 104 Å². The first-order valence-corrected chi connectivity index (χ1v) is 13.6.